The summed E-state index contributed by atoms with van der Waals surface area (Å²) >= 11 is 0. The van der Waals surface area contributed by atoms with Crippen LogP contribution in [0.1, 0.15) is 68.9 Å². The molecule has 5 rings (SSSR count). The van der Waals surface area contributed by atoms with E-state index in [0.29, 0.717) is 31.2 Å². The molecule has 0 aliphatic heterocycles. The molecule has 2 saturated carbocycles. The number of oxime groups is 1. The number of nitrogens with zero attached hydrogens (tertiary/aromatic N) is 1. The Labute approximate surface area is 234 Å². The largest absolute Gasteiger partial charge is 0.534 e. The van der Waals surface area contributed by atoms with Gasteiger partial charge in [-0.3, -0.25) is 9.63 Å². The maximum Gasteiger partial charge on any atom is 0.534 e. The highest BCUT2D eigenvalue weighted by molar-refractivity contribution is 5.93. The zero-order valence-electron chi connectivity index (χ0n) is 23.0. The number of halogens is 5. The molecule has 0 heterocycles. The topological polar surface area (TPSA) is 74.2 Å². The van der Waals surface area contributed by atoms with Crippen molar-refractivity contribution in [2.24, 2.45) is 22.4 Å². The highest BCUT2D eigenvalue weighted by atomic mass is 19.4. The van der Waals surface area contributed by atoms with Crippen molar-refractivity contribution < 1.29 is 45.9 Å². The Hall–Kier alpha value is -3.08. The average Bonchev–Trinajstić information content (AvgIpc) is 3.25. The first-order chi connectivity index (χ1) is 19.3. The monoisotopic (exact) mass is 581 g/mol. The van der Waals surface area contributed by atoms with E-state index in [0.717, 1.165) is 36.5 Å². The number of benzene rings is 1. The third-order valence-corrected chi connectivity index (χ3v) is 9.90. The molecule has 0 aromatic heterocycles. The summed E-state index contributed by atoms with van der Waals surface area (Å²) in [5.74, 6) is -6.11. The molecular weight excluding hydrogens is 549 g/mol. The van der Waals surface area contributed by atoms with Crippen molar-refractivity contribution in [1.29, 1.82) is 0 Å². The summed E-state index contributed by atoms with van der Waals surface area (Å²) in [6.45, 7) is 1.54. The third kappa shape index (κ3) is 4.51. The van der Waals surface area contributed by atoms with Gasteiger partial charge in [-0.2, -0.15) is 22.0 Å². The van der Waals surface area contributed by atoms with Crippen LogP contribution < -0.4 is 0 Å². The third-order valence-electron chi connectivity index (χ3n) is 9.90. The van der Waals surface area contributed by atoms with Crippen LogP contribution in [0.25, 0.3) is 0 Å². The first-order valence-corrected chi connectivity index (χ1v) is 13.6. The van der Waals surface area contributed by atoms with Crippen molar-refractivity contribution in [3.05, 3.63) is 58.2 Å². The van der Waals surface area contributed by atoms with Crippen LogP contribution >= 0.6 is 0 Å². The number of ketones is 1. The van der Waals surface area contributed by atoms with Crippen LogP contribution in [0.4, 0.5) is 26.7 Å². The number of ether oxygens (including phenoxy) is 2. The van der Waals surface area contributed by atoms with E-state index in [9.17, 15) is 22.8 Å². The Morgan fingerprint density at radius 1 is 1.05 bits per heavy atom. The fraction of sp³-hybridized carbons (Fsp3) is 0.567. The lowest BCUT2D eigenvalue weighted by Crippen LogP contribution is -2.66. The van der Waals surface area contributed by atoms with Gasteiger partial charge in [0.15, 0.2) is 5.78 Å². The summed E-state index contributed by atoms with van der Waals surface area (Å²) in [5.41, 5.74) is 0.177. The van der Waals surface area contributed by atoms with E-state index in [-0.39, 0.29) is 24.5 Å². The fourth-order valence-electron chi connectivity index (χ4n) is 8.14. The van der Waals surface area contributed by atoms with Crippen LogP contribution in [0.2, 0.25) is 0 Å². The Morgan fingerprint density at radius 3 is 2.39 bits per heavy atom. The molecule has 222 valence electrons. The molecule has 0 saturated heterocycles. The van der Waals surface area contributed by atoms with E-state index in [2.05, 4.69) is 14.7 Å². The van der Waals surface area contributed by atoms with Crippen molar-refractivity contribution >= 4 is 18.2 Å². The standard InChI is InChI=1S/C30H32F5NO5/c1-27-15-23(18-6-4-17(5-7-18)16-36-41-26(38)39-2)25-21-11-9-20(37)14-19(21)8-10-22(25)24(27)12-13-28(27,40-3)29(31,32)30(33,34)35/h4-7,14,16,22-24H,8-13,15H2,1-3H3/b36-16+/t22?,23-,24?,27+,28+/m1/s1. The van der Waals surface area contributed by atoms with E-state index < -0.39 is 47.5 Å². The van der Waals surface area contributed by atoms with E-state index in [1.165, 1.54) is 6.21 Å². The second-order valence-corrected chi connectivity index (χ2v) is 11.6. The minimum atomic E-state index is -5.77. The fourth-order valence-corrected chi connectivity index (χ4v) is 8.14. The molecule has 0 radical (unpaired) electrons. The quantitative estimate of drug-likeness (QED) is 0.120. The van der Waals surface area contributed by atoms with Gasteiger partial charge in [0.2, 0.25) is 0 Å². The lowest BCUT2D eigenvalue weighted by atomic mass is 9.50. The maximum atomic E-state index is 15.5. The predicted octanol–water partition coefficient (Wildman–Crippen LogP) is 7.29. The molecular formula is C30H32F5NO5. The number of allylic oxidation sites excluding steroid dienone is 4. The Kier molecular flexibility index (Phi) is 7.41. The van der Waals surface area contributed by atoms with Gasteiger partial charge in [-0.25, -0.2) is 4.79 Å². The number of carbonyl (C=O) groups is 2. The maximum absolute atomic E-state index is 15.5. The summed E-state index contributed by atoms with van der Waals surface area (Å²) in [6.07, 6.45) is -1.94. The second kappa shape index (κ2) is 10.3. The molecule has 0 bridgehead atoms. The van der Waals surface area contributed by atoms with E-state index in [1.807, 2.05) is 0 Å². The second-order valence-electron chi connectivity index (χ2n) is 11.6. The molecule has 4 aliphatic carbocycles. The molecule has 0 N–H and O–H groups in total. The predicted molar refractivity (Wildman–Crippen MR) is 139 cm³/mol. The van der Waals surface area contributed by atoms with Gasteiger partial charge in [0, 0.05) is 24.9 Å². The molecule has 41 heavy (non-hydrogen) atoms. The van der Waals surface area contributed by atoms with Crippen LogP contribution in [-0.4, -0.2) is 50.1 Å². The summed E-state index contributed by atoms with van der Waals surface area (Å²) in [7, 11) is 2.11. The lowest BCUT2D eigenvalue weighted by Gasteiger charge is -2.57. The normalized spacial score (nSPS) is 31.9. The Balaban J connectivity index is 1.61. The highest BCUT2D eigenvalue weighted by Gasteiger charge is 2.80. The SMILES string of the molecule is COC(=O)O/N=C/c1ccc([C@H]2C[C@@]3(C)C(CC[C@@]3(OC)C(F)(F)C(F)(F)F)C3CCC4=CC(=O)CCC4=C32)cc1. The van der Waals surface area contributed by atoms with Crippen molar-refractivity contribution in [2.75, 3.05) is 14.2 Å². The Morgan fingerprint density at radius 2 is 1.76 bits per heavy atom. The summed E-state index contributed by atoms with van der Waals surface area (Å²) < 4.78 is 82.4. The zero-order chi connectivity index (χ0) is 29.8. The molecule has 6 nitrogen and oxygen atoms in total. The van der Waals surface area contributed by atoms with Gasteiger partial charge in [0.1, 0.15) is 5.60 Å². The first-order valence-electron chi connectivity index (χ1n) is 13.6. The molecule has 1 aromatic rings. The highest BCUT2D eigenvalue weighted by Crippen LogP contribution is 2.71. The number of alkyl halides is 5. The van der Waals surface area contributed by atoms with Gasteiger partial charge in [-0.15, -0.1) is 0 Å². The minimum absolute atomic E-state index is 0.0343. The number of carbonyl (C=O) groups excluding carboxylic acids is 2. The van der Waals surface area contributed by atoms with Gasteiger partial charge in [-0.05, 0) is 78.7 Å². The Bertz CT molecular complexity index is 1320. The van der Waals surface area contributed by atoms with Crippen LogP contribution in [0.5, 0.6) is 0 Å². The van der Waals surface area contributed by atoms with Crippen molar-refractivity contribution in [1.82, 2.24) is 0 Å². The van der Waals surface area contributed by atoms with Crippen LogP contribution in [-0.2, 0) is 19.1 Å². The smallest absolute Gasteiger partial charge is 0.436 e. The summed E-state index contributed by atoms with van der Waals surface area (Å²) in [4.78, 5) is 27.9. The van der Waals surface area contributed by atoms with Gasteiger partial charge >= 0.3 is 18.3 Å². The van der Waals surface area contributed by atoms with Crippen LogP contribution in [0, 0.1) is 17.3 Å². The number of rotatable bonds is 5. The molecule has 5 atom stereocenters. The van der Waals surface area contributed by atoms with E-state index in [4.69, 9.17) is 4.74 Å². The van der Waals surface area contributed by atoms with Gasteiger partial charge < -0.3 is 9.47 Å². The lowest BCUT2D eigenvalue weighted by molar-refractivity contribution is -0.367. The number of hydrogen-bond acceptors (Lipinski definition) is 6. The average molecular weight is 582 g/mol. The zero-order valence-corrected chi connectivity index (χ0v) is 23.0. The molecule has 11 heteroatoms. The molecule has 0 spiro atoms. The molecule has 0 amide bonds. The number of fused-ring (bicyclic) bond motifs is 4. The molecule has 4 aliphatic rings. The molecule has 2 fully saturated rings. The van der Waals surface area contributed by atoms with Gasteiger partial charge in [-0.1, -0.05) is 41.9 Å². The van der Waals surface area contributed by atoms with Crippen molar-refractivity contribution in [3.8, 4) is 0 Å². The first kappa shape index (κ1) is 29.4. The summed E-state index contributed by atoms with van der Waals surface area (Å²) in [6, 6.07) is 6.99. The minimum Gasteiger partial charge on any atom is -0.436 e. The van der Waals surface area contributed by atoms with Crippen LogP contribution in [0.3, 0.4) is 0 Å². The number of methoxy groups -OCH3 is 2. The van der Waals surface area contributed by atoms with E-state index >= 15 is 8.78 Å². The molecule has 1 aromatic carbocycles. The number of hydrogen-bond donors (Lipinski definition) is 0. The van der Waals surface area contributed by atoms with Gasteiger partial charge in [0.05, 0.1) is 13.3 Å². The van der Waals surface area contributed by atoms with E-state index in [1.54, 1.807) is 37.3 Å². The van der Waals surface area contributed by atoms with Crippen molar-refractivity contribution in [2.45, 2.75) is 75.5 Å². The summed E-state index contributed by atoms with van der Waals surface area (Å²) in [5, 5.41) is 3.56. The molecule has 2 unspecified atom stereocenters. The van der Waals surface area contributed by atoms with Crippen LogP contribution in [0.15, 0.2) is 52.2 Å². The van der Waals surface area contributed by atoms with Crippen molar-refractivity contribution in [3.63, 3.8) is 0 Å². The van der Waals surface area contributed by atoms with Gasteiger partial charge in [0.25, 0.3) is 0 Å².